The highest BCUT2D eigenvalue weighted by molar-refractivity contribution is 6.05. The van der Waals surface area contributed by atoms with Crippen LogP contribution in [0.25, 0.3) is 11.3 Å². The molecule has 0 bridgehead atoms. The number of nitrogens with zero attached hydrogens (tertiary/aromatic N) is 3. The summed E-state index contributed by atoms with van der Waals surface area (Å²) in [6, 6.07) is 17.9. The molecule has 174 valence electrons. The fourth-order valence-corrected chi connectivity index (χ4v) is 3.29. The van der Waals surface area contributed by atoms with Crippen LogP contribution >= 0.6 is 0 Å². The molecule has 35 heavy (non-hydrogen) atoms. The molecule has 2 heterocycles. The Bertz CT molecular complexity index is 1370. The number of pyridine rings is 1. The van der Waals surface area contributed by atoms with E-state index in [-0.39, 0.29) is 11.8 Å². The average Bonchev–Trinajstić information content (AvgIpc) is 2.87. The highest BCUT2D eigenvalue weighted by atomic mass is 16.2. The number of aromatic nitrogens is 3. The third kappa shape index (κ3) is 6.14. The monoisotopic (exact) mass is 464 g/mol. The summed E-state index contributed by atoms with van der Waals surface area (Å²) in [5, 5.41) is 8.86. The number of carbonyl (C=O) groups excluding carboxylic acids is 2. The summed E-state index contributed by atoms with van der Waals surface area (Å²) >= 11 is 0. The zero-order chi connectivity index (χ0) is 24.6. The van der Waals surface area contributed by atoms with Crippen LogP contribution in [0.2, 0.25) is 0 Å². The van der Waals surface area contributed by atoms with Crippen molar-refractivity contribution in [2.45, 2.75) is 13.8 Å². The third-order valence-electron chi connectivity index (χ3n) is 5.09. The van der Waals surface area contributed by atoms with Crippen LogP contribution in [0.1, 0.15) is 22.8 Å². The summed E-state index contributed by atoms with van der Waals surface area (Å²) in [5.74, 6) is -0.0474. The molecule has 0 aliphatic heterocycles. The molecule has 2 amide bonds. The maximum Gasteiger partial charge on any atom is 0.255 e. The Labute approximate surface area is 203 Å². The van der Waals surface area contributed by atoms with Gasteiger partial charge in [0.2, 0.25) is 11.9 Å². The van der Waals surface area contributed by atoms with E-state index in [9.17, 15) is 9.59 Å². The average molecular weight is 465 g/mol. The molecule has 0 saturated heterocycles. The maximum absolute atomic E-state index is 12.7. The molecule has 0 unspecified atom stereocenters. The maximum atomic E-state index is 12.7. The van der Waals surface area contributed by atoms with E-state index >= 15 is 0 Å². The van der Waals surface area contributed by atoms with Crippen LogP contribution in [0.4, 0.5) is 23.0 Å². The van der Waals surface area contributed by atoms with Gasteiger partial charge in [0.25, 0.3) is 5.91 Å². The van der Waals surface area contributed by atoms with Crippen LogP contribution in [0.3, 0.4) is 0 Å². The number of aryl methyl sites for hydroxylation is 1. The summed E-state index contributed by atoms with van der Waals surface area (Å²) < 4.78 is 0. The molecular weight excluding hydrogens is 440 g/mol. The van der Waals surface area contributed by atoms with Crippen LogP contribution in [0.15, 0.2) is 91.4 Å². The van der Waals surface area contributed by atoms with Gasteiger partial charge >= 0.3 is 0 Å². The van der Waals surface area contributed by atoms with E-state index in [1.807, 2.05) is 43.3 Å². The third-order valence-corrected chi connectivity index (χ3v) is 5.09. The summed E-state index contributed by atoms with van der Waals surface area (Å²) in [6.07, 6.45) is 8.24. The van der Waals surface area contributed by atoms with Gasteiger partial charge in [-0.1, -0.05) is 12.1 Å². The minimum absolute atomic E-state index is 0.223. The van der Waals surface area contributed by atoms with Gasteiger partial charge in [0.05, 0.1) is 5.69 Å². The molecule has 8 nitrogen and oxygen atoms in total. The summed E-state index contributed by atoms with van der Waals surface area (Å²) in [6.45, 7) is 3.73. The second kappa shape index (κ2) is 10.8. The smallest absolute Gasteiger partial charge is 0.255 e. The Balaban J connectivity index is 1.46. The van der Waals surface area contributed by atoms with Crippen molar-refractivity contribution in [2.75, 3.05) is 16.0 Å². The van der Waals surface area contributed by atoms with Crippen molar-refractivity contribution in [3.63, 3.8) is 0 Å². The lowest BCUT2D eigenvalue weighted by atomic mass is 10.1. The lowest BCUT2D eigenvalue weighted by molar-refractivity contribution is -0.111. The van der Waals surface area contributed by atoms with E-state index in [4.69, 9.17) is 0 Å². The van der Waals surface area contributed by atoms with Gasteiger partial charge in [0, 0.05) is 46.8 Å². The van der Waals surface area contributed by atoms with Gasteiger partial charge < -0.3 is 16.0 Å². The number of rotatable bonds is 7. The molecule has 0 fully saturated rings. The van der Waals surface area contributed by atoms with Gasteiger partial charge in [0.15, 0.2) is 0 Å². The highest BCUT2D eigenvalue weighted by Gasteiger charge is 2.10. The van der Waals surface area contributed by atoms with E-state index < -0.39 is 0 Å². The number of carbonyl (C=O) groups is 2. The van der Waals surface area contributed by atoms with Crippen molar-refractivity contribution in [3.8, 4) is 11.3 Å². The second-order valence-electron chi connectivity index (χ2n) is 7.68. The SMILES string of the molecule is C/C=C/C(=O)Nc1ccc(C(=O)Nc2ccc(C)c(Nc3nccc(-c4cccnc4)n3)c2)cc1. The predicted molar refractivity (Wildman–Crippen MR) is 138 cm³/mol. The van der Waals surface area contributed by atoms with E-state index in [1.54, 1.807) is 55.9 Å². The topological polar surface area (TPSA) is 109 Å². The first-order valence-corrected chi connectivity index (χ1v) is 11.0. The van der Waals surface area contributed by atoms with Crippen LogP contribution in [0, 0.1) is 6.92 Å². The first-order chi connectivity index (χ1) is 17.0. The molecule has 0 radical (unpaired) electrons. The van der Waals surface area contributed by atoms with Crippen molar-refractivity contribution in [1.29, 1.82) is 0 Å². The molecule has 0 spiro atoms. The first kappa shape index (κ1) is 23.3. The fourth-order valence-electron chi connectivity index (χ4n) is 3.29. The zero-order valence-corrected chi connectivity index (χ0v) is 19.3. The second-order valence-corrected chi connectivity index (χ2v) is 7.68. The molecule has 4 rings (SSSR count). The Hall–Kier alpha value is -4.85. The molecule has 4 aromatic rings. The van der Waals surface area contributed by atoms with Crippen LogP contribution in [-0.2, 0) is 4.79 Å². The van der Waals surface area contributed by atoms with Crippen LogP contribution in [-0.4, -0.2) is 26.8 Å². The molecule has 2 aromatic heterocycles. The number of allylic oxidation sites excluding steroid dienone is 1. The van der Waals surface area contributed by atoms with E-state index in [0.717, 1.165) is 22.5 Å². The number of amides is 2. The number of hydrogen-bond donors (Lipinski definition) is 3. The van der Waals surface area contributed by atoms with E-state index in [0.29, 0.717) is 22.9 Å². The first-order valence-electron chi connectivity index (χ1n) is 11.0. The van der Waals surface area contributed by atoms with Crippen molar-refractivity contribution in [2.24, 2.45) is 0 Å². The fraction of sp³-hybridized carbons (Fsp3) is 0.0741. The van der Waals surface area contributed by atoms with Gasteiger partial charge in [-0.05, 0) is 80.1 Å². The Morgan fingerprint density at radius 1 is 0.914 bits per heavy atom. The summed E-state index contributed by atoms with van der Waals surface area (Å²) in [5.41, 5.74) is 5.09. The summed E-state index contributed by atoms with van der Waals surface area (Å²) in [7, 11) is 0. The Morgan fingerprint density at radius 3 is 2.46 bits per heavy atom. The molecule has 0 atom stereocenters. The lowest BCUT2D eigenvalue weighted by Gasteiger charge is -2.12. The quantitative estimate of drug-likeness (QED) is 0.318. The van der Waals surface area contributed by atoms with Crippen LogP contribution < -0.4 is 16.0 Å². The summed E-state index contributed by atoms with van der Waals surface area (Å²) in [4.78, 5) is 37.4. The van der Waals surface area contributed by atoms with E-state index in [2.05, 4.69) is 30.9 Å². The minimum Gasteiger partial charge on any atom is -0.324 e. The standard InChI is InChI=1S/C27H24N6O2/c1-3-5-25(34)30-21-11-8-19(9-12-21)26(35)31-22-10-7-18(2)24(16-22)33-27-29-15-13-23(32-27)20-6-4-14-28-17-20/h3-17H,1-2H3,(H,30,34)(H,31,35)(H,29,32,33)/b5-3+. The molecular formula is C27H24N6O2. The van der Waals surface area contributed by atoms with Crippen molar-refractivity contribution in [1.82, 2.24) is 15.0 Å². The molecule has 0 aliphatic rings. The number of nitrogens with one attached hydrogen (secondary N) is 3. The van der Waals surface area contributed by atoms with Gasteiger partial charge in [-0.15, -0.1) is 0 Å². The van der Waals surface area contributed by atoms with Crippen molar-refractivity contribution >= 4 is 34.8 Å². The largest absolute Gasteiger partial charge is 0.324 e. The minimum atomic E-state index is -0.263. The molecule has 0 saturated carbocycles. The van der Waals surface area contributed by atoms with Gasteiger partial charge in [-0.3, -0.25) is 14.6 Å². The number of hydrogen-bond acceptors (Lipinski definition) is 6. The van der Waals surface area contributed by atoms with Crippen LogP contribution in [0.5, 0.6) is 0 Å². The Morgan fingerprint density at radius 2 is 1.71 bits per heavy atom. The zero-order valence-electron chi connectivity index (χ0n) is 19.3. The van der Waals surface area contributed by atoms with Gasteiger partial charge in [0.1, 0.15) is 0 Å². The van der Waals surface area contributed by atoms with Gasteiger partial charge in [-0.2, -0.15) is 0 Å². The molecule has 8 heteroatoms. The van der Waals surface area contributed by atoms with Gasteiger partial charge in [-0.25, -0.2) is 9.97 Å². The predicted octanol–water partition coefficient (Wildman–Crippen LogP) is 5.36. The molecule has 0 aliphatic carbocycles. The van der Waals surface area contributed by atoms with E-state index in [1.165, 1.54) is 6.08 Å². The lowest BCUT2D eigenvalue weighted by Crippen LogP contribution is -2.13. The van der Waals surface area contributed by atoms with Crippen molar-refractivity contribution < 1.29 is 9.59 Å². The molecule has 2 aromatic carbocycles. The number of benzene rings is 2. The normalized spacial score (nSPS) is 10.7. The highest BCUT2D eigenvalue weighted by Crippen LogP contribution is 2.24. The molecule has 3 N–H and O–H groups in total. The Kier molecular flexibility index (Phi) is 7.22. The van der Waals surface area contributed by atoms with Crippen molar-refractivity contribution in [3.05, 3.63) is 103 Å². The number of anilines is 4.